The topological polar surface area (TPSA) is 283 Å². The standard InChI is InChI=1S/C15H15Cl2N3O3.C13H9Cl2N3O2.C11H15NO3.C10H7Cl2N3O.C4HCl3N2.CH4/c1-15(2,3)23-14(21)19-9-5-4-6-10(7-9)22-12-11(16)8-18-13(17)20-12;1-2-11(19)17-8-4-3-5-9(6-8)20-12-10(14)7-16-13(15)18-12;1-11(2,3)15-10(14)12-8-5-4-6-9(13)7-8;11-8-5-14-10(12)15-9(8)16-7-3-1-2-6(13)4-7;5-2-1-8-4(7)9-3(2)6;/h4-8H,1-3H3,(H,19,21);2-7H,1H2,(H,17,19);4-7,13H,1-3H3,(H,12,14);1-5H,13H2;1H;1H4. The molecule has 0 saturated heterocycles. The molecular formula is C54H51Cl9N12O9. The molecule has 0 bridgehead atoms. The largest absolute Gasteiger partial charge is 0.508 e. The Morgan fingerprint density at radius 2 is 0.845 bits per heavy atom. The van der Waals surface area contributed by atoms with Gasteiger partial charge < -0.3 is 39.8 Å². The number of phenolic OH excluding ortho intramolecular Hbond substituents is 1. The van der Waals surface area contributed by atoms with Gasteiger partial charge in [0.1, 0.15) is 49.3 Å². The molecule has 0 saturated carbocycles. The number of hydrogen-bond acceptors (Lipinski definition) is 18. The average Bonchev–Trinajstić information content (AvgIpc) is 3.62. The van der Waals surface area contributed by atoms with Crippen molar-refractivity contribution in [3.63, 3.8) is 0 Å². The molecule has 0 radical (unpaired) electrons. The van der Waals surface area contributed by atoms with Crippen molar-refractivity contribution in [3.8, 4) is 40.6 Å². The zero-order chi connectivity index (χ0) is 61.4. The fourth-order valence-electron chi connectivity index (χ4n) is 5.34. The van der Waals surface area contributed by atoms with E-state index >= 15 is 0 Å². The highest BCUT2D eigenvalue weighted by Gasteiger charge is 2.18. The van der Waals surface area contributed by atoms with Gasteiger partial charge in [-0.2, -0.15) is 15.0 Å². The number of benzene rings is 4. The zero-order valence-corrected chi connectivity index (χ0v) is 50.9. The van der Waals surface area contributed by atoms with E-state index in [1.54, 1.807) is 126 Å². The molecule has 0 unspecified atom stereocenters. The van der Waals surface area contributed by atoms with Crippen molar-refractivity contribution in [2.75, 3.05) is 21.7 Å². The molecule has 0 aliphatic carbocycles. The monoisotopic (exact) mass is 1330 g/mol. The minimum atomic E-state index is -0.580. The average molecular weight is 1330 g/mol. The van der Waals surface area contributed by atoms with Crippen LogP contribution < -0.4 is 35.9 Å². The van der Waals surface area contributed by atoms with Gasteiger partial charge in [-0.1, -0.05) is 96.3 Å². The van der Waals surface area contributed by atoms with Crippen LogP contribution >= 0.6 is 104 Å². The highest BCUT2D eigenvalue weighted by atomic mass is 35.5. The lowest BCUT2D eigenvalue weighted by Crippen LogP contribution is -2.27. The van der Waals surface area contributed by atoms with E-state index in [0.717, 1.165) is 0 Å². The maximum absolute atomic E-state index is 11.8. The van der Waals surface area contributed by atoms with Crippen molar-refractivity contribution in [1.29, 1.82) is 0 Å². The van der Waals surface area contributed by atoms with E-state index in [2.05, 4.69) is 62.4 Å². The number of ether oxygens (including phenoxy) is 5. The van der Waals surface area contributed by atoms with Crippen LogP contribution in [0.5, 0.6) is 40.6 Å². The molecule has 21 nitrogen and oxygen atoms in total. The summed E-state index contributed by atoms with van der Waals surface area (Å²) in [5.41, 5.74) is 6.66. The number of nitrogen functional groups attached to an aromatic ring is 1. The second-order valence-electron chi connectivity index (χ2n) is 17.6. The van der Waals surface area contributed by atoms with Crippen LogP contribution in [-0.4, -0.2) is 74.3 Å². The first-order chi connectivity index (χ1) is 39.0. The fraction of sp³-hybridized carbons (Fsp3) is 0.167. The molecule has 6 N–H and O–H groups in total. The highest BCUT2D eigenvalue weighted by molar-refractivity contribution is 6.41. The number of phenols is 1. The van der Waals surface area contributed by atoms with Gasteiger partial charge in [-0.05, 0) is 143 Å². The summed E-state index contributed by atoms with van der Waals surface area (Å²) < 4.78 is 26.7. The first kappa shape index (κ1) is 70.8. The number of nitrogens with one attached hydrogen (secondary N) is 3. The minimum Gasteiger partial charge on any atom is -0.508 e. The van der Waals surface area contributed by atoms with E-state index in [1.807, 2.05) is 0 Å². The lowest BCUT2D eigenvalue weighted by Gasteiger charge is -2.19. The molecule has 4 heterocycles. The molecule has 0 aliphatic heterocycles. The molecule has 3 amide bonds. The molecule has 4 aromatic carbocycles. The van der Waals surface area contributed by atoms with Gasteiger partial charge in [0, 0.05) is 47.0 Å². The molecule has 0 spiro atoms. The van der Waals surface area contributed by atoms with Crippen molar-refractivity contribution >= 4 is 145 Å². The number of aromatic hydroxyl groups is 1. The second-order valence-corrected chi connectivity index (χ2v) is 20.9. The Morgan fingerprint density at radius 3 is 1.20 bits per heavy atom. The van der Waals surface area contributed by atoms with Gasteiger partial charge in [-0.3, -0.25) is 15.4 Å². The maximum atomic E-state index is 11.8. The summed E-state index contributed by atoms with van der Waals surface area (Å²) in [6.07, 6.45) is 5.49. The number of halogens is 9. The number of carbonyl (C=O) groups excluding carboxylic acids is 3. The van der Waals surface area contributed by atoms with Crippen LogP contribution in [0.2, 0.25) is 46.4 Å². The molecule has 0 atom stereocenters. The summed E-state index contributed by atoms with van der Waals surface area (Å²) in [6.45, 7) is 14.1. The van der Waals surface area contributed by atoms with Crippen LogP contribution in [-0.2, 0) is 14.3 Å². The van der Waals surface area contributed by atoms with Gasteiger partial charge in [0.25, 0.3) is 0 Å². The van der Waals surface area contributed by atoms with Gasteiger partial charge >= 0.3 is 12.2 Å². The van der Waals surface area contributed by atoms with Gasteiger partial charge in [0.2, 0.25) is 44.7 Å². The van der Waals surface area contributed by atoms with E-state index in [1.165, 1.54) is 43.0 Å². The first-order valence-electron chi connectivity index (χ1n) is 23.2. The number of nitrogens with zero attached hydrogens (tertiary/aromatic N) is 8. The van der Waals surface area contributed by atoms with E-state index in [4.69, 9.17) is 139 Å². The summed E-state index contributed by atoms with van der Waals surface area (Å²) in [7, 11) is 0. The molecule has 8 rings (SSSR count). The predicted octanol–water partition coefficient (Wildman–Crippen LogP) is 17.6. The molecule has 0 aliphatic rings. The Bertz CT molecular complexity index is 3510. The first-order valence-corrected chi connectivity index (χ1v) is 26.6. The summed E-state index contributed by atoms with van der Waals surface area (Å²) in [6, 6.07) is 26.6. The predicted molar refractivity (Wildman–Crippen MR) is 331 cm³/mol. The quantitative estimate of drug-likeness (QED) is 0.0368. The molecule has 84 heavy (non-hydrogen) atoms. The molecule has 0 fully saturated rings. The summed E-state index contributed by atoms with van der Waals surface area (Å²) in [5.74, 6) is 1.66. The molecule has 8 aromatic rings. The molecule has 444 valence electrons. The smallest absolute Gasteiger partial charge is 0.412 e. The van der Waals surface area contributed by atoms with Gasteiger partial charge in [-0.15, -0.1) is 0 Å². The number of amides is 3. The van der Waals surface area contributed by atoms with Crippen molar-refractivity contribution in [3.05, 3.63) is 181 Å². The molecular weight excluding hydrogens is 1280 g/mol. The summed E-state index contributed by atoms with van der Waals surface area (Å²) >= 11 is 51.0. The Labute approximate surface area is 528 Å². The number of anilines is 4. The normalized spacial score (nSPS) is 10.3. The number of aromatic nitrogens is 8. The van der Waals surface area contributed by atoms with Gasteiger partial charge in [0.05, 0.1) is 29.8 Å². The Kier molecular flexibility index (Phi) is 29.0. The maximum Gasteiger partial charge on any atom is 0.412 e. The number of carbonyl (C=O) groups is 3. The number of nitrogens with two attached hydrogens (primary N) is 1. The zero-order valence-electron chi connectivity index (χ0n) is 44.1. The van der Waals surface area contributed by atoms with Crippen LogP contribution in [0.15, 0.2) is 135 Å². The molecule has 30 heteroatoms. The second kappa shape index (κ2) is 34.4. The van der Waals surface area contributed by atoms with Gasteiger partial charge in [0.15, 0.2) is 5.15 Å². The van der Waals surface area contributed by atoms with Crippen molar-refractivity contribution in [2.24, 2.45) is 0 Å². The van der Waals surface area contributed by atoms with Crippen LogP contribution in [0.25, 0.3) is 0 Å². The van der Waals surface area contributed by atoms with E-state index in [9.17, 15) is 14.4 Å². The summed E-state index contributed by atoms with van der Waals surface area (Å²) in [4.78, 5) is 64.3. The third-order valence-corrected chi connectivity index (χ3v) is 10.6. The van der Waals surface area contributed by atoms with E-state index in [0.29, 0.717) is 45.0 Å². The van der Waals surface area contributed by atoms with Crippen LogP contribution in [0.3, 0.4) is 0 Å². The van der Waals surface area contributed by atoms with Gasteiger partial charge in [-0.25, -0.2) is 34.5 Å². The van der Waals surface area contributed by atoms with E-state index in [-0.39, 0.29) is 78.1 Å². The minimum absolute atomic E-state index is 0. The molecule has 4 aromatic heterocycles. The fourth-order valence-corrected chi connectivity index (χ4v) is 6.50. The lowest BCUT2D eigenvalue weighted by atomic mass is 10.2. The Morgan fingerprint density at radius 1 is 0.500 bits per heavy atom. The third-order valence-electron chi connectivity index (χ3n) is 8.48. The number of hydrogen-bond donors (Lipinski definition) is 5. The lowest BCUT2D eigenvalue weighted by molar-refractivity contribution is -0.111. The Hall–Kier alpha value is -7.44. The Balaban J connectivity index is 0.000000281. The van der Waals surface area contributed by atoms with Crippen molar-refractivity contribution in [2.45, 2.75) is 60.2 Å². The van der Waals surface area contributed by atoms with Crippen LogP contribution in [0.1, 0.15) is 49.0 Å². The third kappa shape index (κ3) is 27.8. The highest BCUT2D eigenvalue weighted by Crippen LogP contribution is 2.32. The van der Waals surface area contributed by atoms with E-state index < -0.39 is 23.4 Å². The van der Waals surface area contributed by atoms with Crippen LogP contribution in [0.4, 0.5) is 32.3 Å². The summed E-state index contributed by atoms with van der Waals surface area (Å²) in [5, 5.41) is 18.4. The van der Waals surface area contributed by atoms with Crippen molar-refractivity contribution in [1.82, 2.24) is 39.9 Å². The number of rotatable bonds is 10. The van der Waals surface area contributed by atoms with Crippen molar-refractivity contribution < 1.29 is 43.2 Å². The van der Waals surface area contributed by atoms with Crippen LogP contribution in [0, 0.1) is 0 Å². The SMILES string of the molecule is C.C=CC(=O)Nc1cccc(Oc2nc(Cl)ncc2Cl)c1.CC(C)(C)OC(=O)Nc1cccc(O)c1.CC(C)(C)OC(=O)Nc1cccc(Oc2nc(Cl)ncc2Cl)c1.Clc1ncc(Cl)c(Cl)n1.Nc1cccc(Oc2nc(Cl)ncc2Cl)c1.